The number of hydrogen-bond donors (Lipinski definition) is 0. The summed E-state index contributed by atoms with van der Waals surface area (Å²) in [4.78, 5) is 12.4. The number of hydrogen-bond acceptors (Lipinski definition) is 4. The van der Waals surface area contributed by atoms with Crippen LogP contribution in [0.5, 0.6) is 11.5 Å². The zero-order valence-electron chi connectivity index (χ0n) is 14.9. The predicted molar refractivity (Wildman–Crippen MR) is 92.1 cm³/mol. The molecule has 0 N–H and O–H groups in total. The van der Waals surface area contributed by atoms with Crippen LogP contribution in [0.2, 0.25) is 0 Å². The first kappa shape index (κ1) is 16.4. The van der Waals surface area contributed by atoms with Crippen LogP contribution in [0.4, 0.5) is 0 Å². The van der Waals surface area contributed by atoms with Gasteiger partial charge in [0.25, 0.3) is 0 Å². The van der Waals surface area contributed by atoms with Crippen molar-refractivity contribution in [2.24, 2.45) is 0 Å². The minimum absolute atomic E-state index is 0.256. The van der Waals surface area contributed by atoms with Gasteiger partial charge in [0.1, 0.15) is 5.69 Å². The van der Waals surface area contributed by atoms with Crippen molar-refractivity contribution in [3.05, 3.63) is 34.5 Å². The highest BCUT2D eigenvalue weighted by molar-refractivity contribution is 5.93. The third-order valence-electron chi connectivity index (χ3n) is 4.75. The number of fused-ring (bicyclic) bond motifs is 3. The van der Waals surface area contributed by atoms with Crippen molar-refractivity contribution >= 4 is 5.97 Å². The van der Waals surface area contributed by atoms with Gasteiger partial charge in [-0.1, -0.05) is 0 Å². The Bertz CT molecular complexity index is 804. The molecule has 0 atom stereocenters. The summed E-state index contributed by atoms with van der Waals surface area (Å²) in [6, 6.07) is 4.03. The van der Waals surface area contributed by atoms with E-state index in [1.54, 1.807) is 14.2 Å². The zero-order chi connectivity index (χ0) is 17.4. The van der Waals surface area contributed by atoms with Gasteiger partial charge in [0.05, 0.1) is 26.5 Å². The van der Waals surface area contributed by atoms with E-state index < -0.39 is 0 Å². The number of esters is 1. The van der Waals surface area contributed by atoms with Gasteiger partial charge >= 0.3 is 5.97 Å². The van der Waals surface area contributed by atoms with Crippen LogP contribution in [0.25, 0.3) is 11.3 Å². The first-order valence-corrected chi connectivity index (χ1v) is 8.15. The Morgan fingerprint density at radius 3 is 2.42 bits per heavy atom. The molecule has 1 aliphatic rings. The second-order valence-electron chi connectivity index (χ2n) is 5.93. The van der Waals surface area contributed by atoms with Crippen molar-refractivity contribution in [3.8, 4) is 22.8 Å². The molecule has 1 aromatic heterocycles. The van der Waals surface area contributed by atoms with Crippen LogP contribution in [0.1, 0.15) is 34.1 Å². The second-order valence-corrected chi connectivity index (χ2v) is 5.93. The van der Waals surface area contributed by atoms with Gasteiger partial charge in [-0.05, 0) is 56.0 Å². The number of methoxy groups -OCH3 is 2. The fourth-order valence-electron chi connectivity index (χ4n) is 3.49. The lowest BCUT2D eigenvalue weighted by Gasteiger charge is -2.23. The minimum atomic E-state index is -0.256. The Kier molecular flexibility index (Phi) is 4.26. The molecule has 0 unspecified atom stereocenters. The van der Waals surface area contributed by atoms with E-state index in [2.05, 4.69) is 11.5 Å². The van der Waals surface area contributed by atoms with Crippen LogP contribution < -0.4 is 9.47 Å². The minimum Gasteiger partial charge on any atom is -0.493 e. The van der Waals surface area contributed by atoms with Gasteiger partial charge < -0.3 is 18.8 Å². The van der Waals surface area contributed by atoms with Crippen molar-refractivity contribution in [3.63, 3.8) is 0 Å². The Morgan fingerprint density at radius 2 is 1.79 bits per heavy atom. The summed E-state index contributed by atoms with van der Waals surface area (Å²) < 4.78 is 18.2. The molecule has 24 heavy (non-hydrogen) atoms. The van der Waals surface area contributed by atoms with Crippen molar-refractivity contribution < 1.29 is 19.0 Å². The summed E-state index contributed by atoms with van der Waals surface area (Å²) in [6.45, 7) is 6.98. The van der Waals surface area contributed by atoms with Gasteiger partial charge in [-0.25, -0.2) is 4.79 Å². The van der Waals surface area contributed by atoms with E-state index in [-0.39, 0.29) is 5.97 Å². The van der Waals surface area contributed by atoms with Crippen LogP contribution in [0.3, 0.4) is 0 Å². The van der Waals surface area contributed by atoms with Crippen LogP contribution in [0.15, 0.2) is 12.1 Å². The van der Waals surface area contributed by atoms with Gasteiger partial charge in [-0.2, -0.15) is 0 Å². The maximum Gasteiger partial charge on any atom is 0.355 e. The summed E-state index contributed by atoms with van der Waals surface area (Å²) in [5.74, 6) is 1.17. The summed E-state index contributed by atoms with van der Waals surface area (Å²) in [5, 5.41) is 0. The number of nitrogens with zero attached hydrogens (tertiary/aromatic N) is 1. The molecule has 1 aliphatic heterocycles. The Hall–Kier alpha value is -2.43. The number of carbonyl (C=O) groups is 1. The van der Waals surface area contributed by atoms with Crippen molar-refractivity contribution in [2.45, 2.75) is 33.7 Å². The monoisotopic (exact) mass is 329 g/mol. The van der Waals surface area contributed by atoms with E-state index in [1.165, 1.54) is 5.56 Å². The lowest BCUT2D eigenvalue weighted by Crippen LogP contribution is -2.18. The van der Waals surface area contributed by atoms with Crippen molar-refractivity contribution in [1.29, 1.82) is 0 Å². The number of aromatic nitrogens is 1. The van der Waals surface area contributed by atoms with Crippen molar-refractivity contribution in [2.75, 3.05) is 20.8 Å². The van der Waals surface area contributed by atoms with E-state index >= 15 is 0 Å². The third kappa shape index (κ3) is 2.35. The average molecular weight is 329 g/mol. The van der Waals surface area contributed by atoms with E-state index in [4.69, 9.17) is 14.2 Å². The van der Waals surface area contributed by atoms with E-state index in [9.17, 15) is 4.79 Å². The summed E-state index contributed by atoms with van der Waals surface area (Å²) in [6.07, 6.45) is 0.836. The van der Waals surface area contributed by atoms with Gasteiger partial charge in [0.15, 0.2) is 11.5 Å². The summed E-state index contributed by atoms with van der Waals surface area (Å²) >= 11 is 0. The largest absolute Gasteiger partial charge is 0.493 e. The van der Waals surface area contributed by atoms with Crippen LogP contribution >= 0.6 is 0 Å². The molecule has 0 saturated heterocycles. The standard InChI is InChI=1S/C19H23NO4/c1-6-24-19(21)18-12(3)11(2)17-14-10-16(23-5)15(22-4)9-13(14)7-8-20(17)18/h9-10H,6-8H2,1-5H3. The molecule has 1 aromatic carbocycles. The molecular formula is C19H23NO4. The van der Waals surface area contributed by atoms with E-state index in [0.717, 1.165) is 41.1 Å². The predicted octanol–water partition coefficient (Wildman–Crippen LogP) is 3.52. The lowest BCUT2D eigenvalue weighted by molar-refractivity contribution is 0.0513. The van der Waals surface area contributed by atoms with Crippen LogP contribution in [-0.2, 0) is 17.7 Å². The molecule has 0 aliphatic carbocycles. The highest BCUT2D eigenvalue weighted by Gasteiger charge is 2.29. The maximum atomic E-state index is 12.4. The molecule has 2 aromatic rings. The van der Waals surface area contributed by atoms with Crippen LogP contribution in [0, 0.1) is 13.8 Å². The highest BCUT2D eigenvalue weighted by Crippen LogP contribution is 2.42. The molecule has 0 bridgehead atoms. The molecule has 0 radical (unpaired) electrons. The highest BCUT2D eigenvalue weighted by atomic mass is 16.5. The second kappa shape index (κ2) is 6.23. The fourth-order valence-corrected chi connectivity index (χ4v) is 3.49. The number of benzene rings is 1. The molecule has 0 spiro atoms. The molecule has 2 heterocycles. The number of aryl methyl sites for hydroxylation is 1. The zero-order valence-corrected chi connectivity index (χ0v) is 14.9. The number of rotatable bonds is 4. The Morgan fingerprint density at radius 1 is 1.12 bits per heavy atom. The topological polar surface area (TPSA) is 49.7 Å². The third-order valence-corrected chi connectivity index (χ3v) is 4.75. The molecule has 128 valence electrons. The molecule has 3 rings (SSSR count). The normalized spacial score (nSPS) is 12.4. The Balaban J connectivity index is 2.22. The molecule has 5 nitrogen and oxygen atoms in total. The Labute approximate surface area is 142 Å². The lowest BCUT2D eigenvalue weighted by atomic mass is 9.95. The number of ether oxygens (including phenoxy) is 3. The quantitative estimate of drug-likeness (QED) is 0.805. The molecule has 5 heteroatoms. The molecule has 0 fully saturated rings. The fraction of sp³-hybridized carbons (Fsp3) is 0.421. The first-order valence-electron chi connectivity index (χ1n) is 8.15. The first-order chi connectivity index (χ1) is 11.5. The molecule has 0 saturated carbocycles. The molecule has 0 amide bonds. The van der Waals surface area contributed by atoms with Gasteiger partial charge in [0.2, 0.25) is 0 Å². The van der Waals surface area contributed by atoms with Gasteiger partial charge in [-0.15, -0.1) is 0 Å². The van der Waals surface area contributed by atoms with Gasteiger partial charge in [-0.3, -0.25) is 0 Å². The smallest absolute Gasteiger partial charge is 0.355 e. The summed E-state index contributed by atoms with van der Waals surface area (Å²) in [5.41, 5.74) is 6.10. The average Bonchev–Trinajstić information content (AvgIpc) is 2.85. The summed E-state index contributed by atoms with van der Waals surface area (Å²) in [7, 11) is 3.28. The van der Waals surface area contributed by atoms with Gasteiger partial charge in [0, 0.05) is 12.1 Å². The molecular weight excluding hydrogens is 306 g/mol. The van der Waals surface area contributed by atoms with Crippen molar-refractivity contribution in [1.82, 2.24) is 4.57 Å². The van der Waals surface area contributed by atoms with E-state index in [0.29, 0.717) is 18.1 Å². The van der Waals surface area contributed by atoms with E-state index in [1.807, 2.05) is 26.0 Å². The number of carbonyl (C=O) groups excluding carboxylic acids is 1. The van der Waals surface area contributed by atoms with Crippen LogP contribution in [-0.4, -0.2) is 31.4 Å². The maximum absolute atomic E-state index is 12.4. The SMILES string of the molecule is CCOC(=O)c1c(C)c(C)c2n1CCc1cc(OC)c(OC)cc1-2.